The summed E-state index contributed by atoms with van der Waals surface area (Å²) in [6.45, 7) is 6.04. The number of rotatable bonds is 5. The fourth-order valence-corrected chi connectivity index (χ4v) is 5.69. The summed E-state index contributed by atoms with van der Waals surface area (Å²) in [5.74, 6) is 1.20. The first-order valence-corrected chi connectivity index (χ1v) is 10.4. The van der Waals surface area contributed by atoms with E-state index < -0.39 is 10.0 Å². The molecule has 0 aliphatic carbocycles. The average Bonchev–Trinajstić information content (AvgIpc) is 3.23. The van der Waals surface area contributed by atoms with Crippen LogP contribution in [0.15, 0.2) is 20.8 Å². The second-order valence-corrected chi connectivity index (χ2v) is 9.44. The summed E-state index contributed by atoms with van der Waals surface area (Å²) in [5.41, 5.74) is 0. The van der Waals surface area contributed by atoms with Crippen LogP contribution in [0.25, 0.3) is 0 Å². The number of aromatic nitrogens is 2. The summed E-state index contributed by atoms with van der Waals surface area (Å²) >= 11 is 6.94. The first-order chi connectivity index (χ1) is 11.4. The Morgan fingerprint density at radius 2 is 2.00 bits per heavy atom. The molecule has 0 amide bonds. The zero-order valence-electron chi connectivity index (χ0n) is 13.5. The van der Waals surface area contributed by atoms with E-state index in [4.69, 9.17) is 16.0 Å². The van der Waals surface area contributed by atoms with Gasteiger partial charge in [0.15, 0.2) is 0 Å². The van der Waals surface area contributed by atoms with Crippen molar-refractivity contribution in [1.29, 1.82) is 0 Å². The Morgan fingerprint density at radius 1 is 1.29 bits per heavy atom. The van der Waals surface area contributed by atoms with Crippen molar-refractivity contribution >= 4 is 33.0 Å². The molecule has 1 atom stereocenters. The number of nitrogens with zero attached hydrogens (tertiary/aromatic N) is 4. The summed E-state index contributed by atoms with van der Waals surface area (Å²) < 4.78 is 33.1. The van der Waals surface area contributed by atoms with Crippen LogP contribution in [0.5, 0.6) is 0 Å². The van der Waals surface area contributed by atoms with Crippen LogP contribution in [0.4, 0.5) is 0 Å². The van der Waals surface area contributed by atoms with Crippen molar-refractivity contribution in [1.82, 2.24) is 19.4 Å². The van der Waals surface area contributed by atoms with Crippen molar-refractivity contribution < 1.29 is 12.8 Å². The molecule has 10 heteroatoms. The summed E-state index contributed by atoms with van der Waals surface area (Å²) in [4.78, 5) is 2.15. The van der Waals surface area contributed by atoms with Gasteiger partial charge in [-0.05, 0) is 19.1 Å². The fraction of sp³-hybridized carbons (Fsp3) is 0.571. The zero-order valence-corrected chi connectivity index (χ0v) is 15.9. The lowest BCUT2D eigenvalue weighted by atomic mass is 10.2. The van der Waals surface area contributed by atoms with E-state index in [1.165, 1.54) is 4.31 Å². The standard InChI is InChI=1S/C14H19ClN4O3S2/c1-3-12-16-17-14(22-12)10(2)18-6-8-19(9-7-18)24(20,21)13-5-4-11(15)23-13/h4-5,10H,3,6-9H2,1-2H3. The van der Waals surface area contributed by atoms with Gasteiger partial charge in [-0.15, -0.1) is 21.5 Å². The van der Waals surface area contributed by atoms with E-state index in [9.17, 15) is 8.42 Å². The molecule has 132 valence electrons. The minimum atomic E-state index is -3.47. The van der Waals surface area contributed by atoms with Crippen LogP contribution < -0.4 is 0 Å². The van der Waals surface area contributed by atoms with Gasteiger partial charge in [-0.25, -0.2) is 8.42 Å². The number of aryl methyl sites for hydroxylation is 1. The van der Waals surface area contributed by atoms with Crippen molar-refractivity contribution in [3.8, 4) is 0 Å². The highest BCUT2D eigenvalue weighted by molar-refractivity contribution is 7.91. The lowest BCUT2D eigenvalue weighted by molar-refractivity contribution is 0.128. The normalized spacial score (nSPS) is 18.8. The number of hydrogen-bond acceptors (Lipinski definition) is 7. The molecule has 0 N–H and O–H groups in total. The van der Waals surface area contributed by atoms with E-state index in [0.29, 0.717) is 52.9 Å². The van der Waals surface area contributed by atoms with Gasteiger partial charge in [0.1, 0.15) is 4.21 Å². The molecule has 24 heavy (non-hydrogen) atoms. The average molecular weight is 391 g/mol. The molecule has 0 bridgehead atoms. The van der Waals surface area contributed by atoms with E-state index in [1.54, 1.807) is 12.1 Å². The monoisotopic (exact) mass is 390 g/mol. The predicted molar refractivity (Wildman–Crippen MR) is 91.8 cm³/mol. The molecule has 3 rings (SSSR count). The highest BCUT2D eigenvalue weighted by atomic mass is 35.5. The van der Waals surface area contributed by atoms with Crippen LogP contribution in [0.1, 0.15) is 31.7 Å². The smallest absolute Gasteiger partial charge is 0.252 e. The maximum Gasteiger partial charge on any atom is 0.252 e. The molecule has 1 aliphatic rings. The summed E-state index contributed by atoms with van der Waals surface area (Å²) in [5, 5.41) is 8.06. The highest BCUT2D eigenvalue weighted by Gasteiger charge is 2.32. The first kappa shape index (κ1) is 17.8. The molecule has 1 fully saturated rings. The predicted octanol–water partition coefficient (Wildman–Crippen LogP) is 2.41. The fourth-order valence-electron chi connectivity index (χ4n) is 2.63. The second-order valence-electron chi connectivity index (χ2n) is 5.56. The van der Waals surface area contributed by atoms with Crippen molar-refractivity contribution in [3.05, 3.63) is 28.3 Å². The molecule has 7 nitrogen and oxygen atoms in total. The van der Waals surface area contributed by atoms with E-state index in [2.05, 4.69) is 15.1 Å². The van der Waals surface area contributed by atoms with Crippen LogP contribution >= 0.6 is 22.9 Å². The van der Waals surface area contributed by atoms with Crippen LogP contribution in [-0.2, 0) is 16.4 Å². The molecule has 1 aliphatic heterocycles. The Hall–Kier alpha value is -1.00. The maximum absolute atomic E-state index is 12.6. The molecule has 1 unspecified atom stereocenters. The summed E-state index contributed by atoms with van der Waals surface area (Å²) in [7, 11) is -3.47. The minimum Gasteiger partial charge on any atom is -0.424 e. The van der Waals surface area contributed by atoms with Gasteiger partial charge in [-0.1, -0.05) is 18.5 Å². The highest BCUT2D eigenvalue weighted by Crippen LogP contribution is 2.29. The van der Waals surface area contributed by atoms with Crippen LogP contribution in [0.2, 0.25) is 4.34 Å². The molecule has 2 aromatic rings. The van der Waals surface area contributed by atoms with Gasteiger partial charge in [0, 0.05) is 32.6 Å². The second kappa shape index (κ2) is 7.09. The number of halogens is 1. The molecular weight excluding hydrogens is 372 g/mol. The summed E-state index contributed by atoms with van der Waals surface area (Å²) in [6.07, 6.45) is 0.703. The first-order valence-electron chi connectivity index (χ1n) is 7.73. The van der Waals surface area contributed by atoms with Crippen LogP contribution in [0.3, 0.4) is 0 Å². The zero-order chi connectivity index (χ0) is 17.3. The maximum atomic E-state index is 12.6. The minimum absolute atomic E-state index is 0.0289. The number of sulfonamides is 1. The molecule has 2 aromatic heterocycles. The number of piperazine rings is 1. The molecule has 1 saturated heterocycles. The molecular formula is C14H19ClN4O3S2. The van der Waals surface area contributed by atoms with E-state index >= 15 is 0 Å². The van der Waals surface area contributed by atoms with Crippen LogP contribution in [-0.4, -0.2) is 54.0 Å². The van der Waals surface area contributed by atoms with Crippen molar-refractivity contribution in [2.24, 2.45) is 0 Å². The number of hydrogen-bond donors (Lipinski definition) is 0. The van der Waals surface area contributed by atoms with Crippen molar-refractivity contribution in [2.75, 3.05) is 26.2 Å². The van der Waals surface area contributed by atoms with E-state index in [1.807, 2.05) is 13.8 Å². The van der Waals surface area contributed by atoms with Gasteiger partial charge >= 0.3 is 0 Å². The van der Waals surface area contributed by atoms with Gasteiger partial charge < -0.3 is 4.42 Å². The Bertz CT molecular complexity index is 797. The SMILES string of the molecule is CCc1nnc(C(C)N2CCN(S(=O)(=O)c3ccc(Cl)s3)CC2)o1. The van der Waals surface area contributed by atoms with Gasteiger partial charge in [0.25, 0.3) is 10.0 Å². The molecule has 3 heterocycles. The number of thiophene rings is 1. The molecule has 0 aromatic carbocycles. The third-order valence-corrected chi connectivity index (χ3v) is 7.70. The topological polar surface area (TPSA) is 79.5 Å². The largest absolute Gasteiger partial charge is 0.424 e. The van der Waals surface area contributed by atoms with Gasteiger partial charge in [0.2, 0.25) is 11.8 Å². The molecule has 0 saturated carbocycles. The third kappa shape index (κ3) is 3.50. The van der Waals surface area contributed by atoms with Gasteiger partial charge in [0.05, 0.1) is 10.4 Å². The summed E-state index contributed by atoms with van der Waals surface area (Å²) in [6, 6.07) is 3.14. The lowest BCUT2D eigenvalue weighted by Crippen LogP contribution is -2.49. The van der Waals surface area contributed by atoms with Gasteiger partial charge in [-0.3, -0.25) is 4.90 Å². The quantitative estimate of drug-likeness (QED) is 0.780. The Labute approximate surface area is 150 Å². The van der Waals surface area contributed by atoms with Gasteiger partial charge in [-0.2, -0.15) is 4.31 Å². The van der Waals surface area contributed by atoms with E-state index in [-0.39, 0.29) is 6.04 Å². The Morgan fingerprint density at radius 3 is 2.54 bits per heavy atom. The molecule has 0 radical (unpaired) electrons. The van der Waals surface area contributed by atoms with E-state index in [0.717, 1.165) is 11.3 Å². The van der Waals surface area contributed by atoms with Crippen molar-refractivity contribution in [3.63, 3.8) is 0 Å². The lowest BCUT2D eigenvalue weighted by Gasteiger charge is -2.35. The third-order valence-electron chi connectivity index (χ3n) is 4.11. The molecule has 0 spiro atoms. The Balaban J connectivity index is 1.65. The Kier molecular flexibility index (Phi) is 5.26. The van der Waals surface area contributed by atoms with Crippen molar-refractivity contribution in [2.45, 2.75) is 30.5 Å². The van der Waals surface area contributed by atoms with Crippen LogP contribution in [0, 0.1) is 0 Å².